The first kappa shape index (κ1) is 11.8. The number of carboxylic acids is 1. The number of piperidine rings is 1. The van der Waals surface area contributed by atoms with Crippen molar-refractivity contribution in [1.29, 1.82) is 0 Å². The number of hydrogen-bond acceptors (Lipinski definition) is 4. The Hall–Kier alpha value is -1.69. The number of pyridine rings is 1. The molecule has 2 heterocycles. The van der Waals surface area contributed by atoms with Crippen LogP contribution in [0.5, 0.6) is 0 Å². The second-order valence-electron chi connectivity index (χ2n) is 4.15. The fraction of sp³-hybridized carbons (Fsp3) is 0.455. The molecule has 1 aliphatic rings. The number of aromatic nitrogens is 1. The van der Waals surface area contributed by atoms with E-state index in [9.17, 15) is 9.18 Å². The van der Waals surface area contributed by atoms with Crippen molar-refractivity contribution >= 4 is 11.8 Å². The van der Waals surface area contributed by atoms with Crippen molar-refractivity contribution in [3.05, 3.63) is 23.6 Å². The van der Waals surface area contributed by atoms with Gasteiger partial charge in [0, 0.05) is 25.3 Å². The first-order valence-corrected chi connectivity index (χ1v) is 5.48. The number of carbonyl (C=O) groups is 1. The predicted octanol–water partition coefficient (Wildman–Crippen LogP) is 0.846. The molecule has 3 N–H and O–H groups in total. The van der Waals surface area contributed by atoms with Crippen molar-refractivity contribution in [2.45, 2.75) is 18.9 Å². The van der Waals surface area contributed by atoms with E-state index in [2.05, 4.69) is 4.98 Å². The summed E-state index contributed by atoms with van der Waals surface area (Å²) in [7, 11) is 0. The highest BCUT2D eigenvalue weighted by molar-refractivity contribution is 5.88. The molecule has 5 nitrogen and oxygen atoms in total. The van der Waals surface area contributed by atoms with Crippen LogP contribution >= 0.6 is 0 Å². The van der Waals surface area contributed by atoms with Crippen LogP contribution in [0.25, 0.3) is 0 Å². The number of nitrogens with zero attached hydrogens (tertiary/aromatic N) is 2. The van der Waals surface area contributed by atoms with Gasteiger partial charge in [0.05, 0.1) is 0 Å². The van der Waals surface area contributed by atoms with Gasteiger partial charge in [-0.15, -0.1) is 0 Å². The number of anilines is 1. The third-order valence-corrected chi connectivity index (χ3v) is 2.86. The Labute approximate surface area is 98.1 Å². The van der Waals surface area contributed by atoms with E-state index in [0.29, 0.717) is 13.1 Å². The lowest BCUT2D eigenvalue weighted by atomic mass is 10.1. The summed E-state index contributed by atoms with van der Waals surface area (Å²) < 4.78 is 13.9. The van der Waals surface area contributed by atoms with Crippen LogP contribution in [0.3, 0.4) is 0 Å². The molecule has 0 spiro atoms. The maximum Gasteiger partial charge on any atom is 0.338 e. The van der Waals surface area contributed by atoms with E-state index in [1.54, 1.807) is 4.90 Å². The van der Waals surface area contributed by atoms with Crippen LogP contribution < -0.4 is 10.6 Å². The number of rotatable bonds is 2. The van der Waals surface area contributed by atoms with Gasteiger partial charge in [0.25, 0.3) is 0 Å². The summed E-state index contributed by atoms with van der Waals surface area (Å²) in [6, 6.07) is 1.14. The molecule has 92 valence electrons. The fourth-order valence-corrected chi connectivity index (χ4v) is 2.02. The third-order valence-electron chi connectivity index (χ3n) is 2.86. The first-order valence-electron chi connectivity index (χ1n) is 5.48. The van der Waals surface area contributed by atoms with Gasteiger partial charge in [0.2, 0.25) is 0 Å². The van der Waals surface area contributed by atoms with Crippen molar-refractivity contribution in [2.75, 3.05) is 18.0 Å². The molecule has 1 aliphatic heterocycles. The molecular weight excluding hydrogens is 225 g/mol. The molecule has 0 saturated carbocycles. The normalized spacial score (nSPS) is 20.4. The number of nitrogens with two attached hydrogens (primary N) is 1. The Balaban J connectivity index is 2.32. The maximum absolute atomic E-state index is 13.9. The molecule has 17 heavy (non-hydrogen) atoms. The van der Waals surface area contributed by atoms with E-state index in [0.717, 1.165) is 18.9 Å². The van der Waals surface area contributed by atoms with Crippen molar-refractivity contribution in [3.63, 3.8) is 0 Å². The Kier molecular flexibility index (Phi) is 3.23. The zero-order valence-electron chi connectivity index (χ0n) is 9.27. The van der Waals surface area contributed by atoms with Crippen LogP contribution in [0.2, 0.25) is 0 Å². The summed E-state index contributed by atoms with van der Waals surface area (Å²) in [5, 5.41) is 8.83. The minimum atomic E-state index is -1.28. The molecule has 0 amide bonds. The molecule has 1 aromatic rings. The standard InChI is InChI=1S/C11H14FN3O2/c12-9-8(11(16)17)3-4-14-10(9)15-5-1-2-7(13)6-15/h3-4,7H,1-2,5-6,13H2,(H,16,17). The Morgan fingerprint density at radius 2 is 2.41 bits per heavy atom. The highest BCUT2D eigenvalue weighted by Gasteiger charge is 2.23. The SMILES string of the molecule is NC1CCCN(c2nccc(C(=O)O)c2F)C1. The highest BCUT2D eigenvalue weighted by Crippen LogP contribution is 2.22. The summed E-state index contributed by atoms with van der Waals surface area (Å²) in [5.41, 5.74) is 5.45. The minimum absolute atomic E-state index is 0.0153. The van der Waals surface area contributed by atoms with E-state index >= 15 is 0 Å². The largest absolute Gasteiger partial charge is 0.478 e. The predicted molar refractivity (Wildman–Crippen MR) is 60.6 cm³/mol. The average molecular weight is 239 g/mol. The molecule has 2 rings (SSSR count). The molecule has 0 aliphatic carbocycles. The molecule has 0 radical (unpaired) electrons. The minimum Gasteiger partial charge on any atom is -0.478 e. The van der Waals surface area contributed by atoms with Gasteiger partial charge in [-0.2, -0.15) is 0 Å². The quantitative estimate of drug-likeness (QED) is 0.799. The fourth-order valence-electron chi connectivity index (χ4n) is 2.02. The Morgan fingerprint density at radius 3 is 3.06 bits per heavy atom. The van der Waals surface area contributed by atoms with Gasteiger partial charge in [-0.05, 0) is 18.9 Å². The van der Waals surface area contributed by atoms with Gasteiger partial charge in [0.1, 0.15) is 5.56 Å². The number of aromatic carboxylic acids is 1. The molecule has 1 aromatic heterocycles. The summed E-state index contributed by atoms with van der Waals surface area (Å²) in [6.07, 6.45) is 3.07. The van der Waals surface area contributed by atoms with Gasteiger partial charge in [-0.1, -0.05) is 0 Å². The van der Waals surface area contributed by atoms with E-state index in [1.807, 2.05) is 0 Å². The lowest BCUT2D eigenvalue weighted by Gasteiger charge is -2.31. The second kappa shape index (κ2) is 4.67. The smallest absolute Gasteiger partial charge is 0.338 e. The van der Waals surface area contributed by atoms with Crippen LogP contribution in [0, 0.1) is 5.82 Å². The van der Waals surface area contributed by atoms with Crippen molar-refractivity contribution in [3.8, 4) is 0 Å². The van der Waals surface area contributed by atoms with Gasteiger partial charge in [-0.3, -0.25) is 0 Å². The second-order valence-corrected chi connectivity index (χ2v) is 4.15. The number of hydrogen-bond donors (Lipinski definition) is 2. The summed E-state index contributed by atoms with van der Waals surface area (Å²) in [6.45, 7) is 1.16. The van der Waals surface area contributed by atoms with Crippen molar-refractivity contribution in [1.82, 2.24) is 4.98 Å². The molecule has 0 aromatic carbocycles. The van der Waals surface area contributed by atoms with Crippen LogP contribution in [-0.2, 0) is 0 Å². The van der Waals surface area contributed by atoms with E-state index in [4.69, 9.17) is 10.8 Å². The monoisotopic (exact) mass is 239 g/mol. The number of carboxylic acid groups (broad SMARTS) is 1. The van der Waals surface area contributed by atoms with Gasteiger partial charge in [-0.25, -0.2) is 14.2 Å². The molecule has 1 fully saturated rings. The van der Waals surface area contributed by atoms with Crippen LogP contribution in [0.4, 0.5) is 10.2 Å². The van der Waals surface area contributed by atoms with Crippen molar-refractivity contribution < 1.29 is 14.3 Å². The Morgan fingerprint density at radius 1 is 1.65 bits per heavy atom. The lowest BCUT2D eigenvalue weighted by Crippen LogP contribution is -2.43. The van der Waals surface area contributed by atoms with E-state index in [-0.39, 0.29) is 17.4 Å². The summed E-state index contributed by atoms with van der Waals surface area (Å²) in [4.78, 5) is 16.4. The first-order chi connectivity index (χ1) is 8.09. The topological polar surface area (TPSA) is 79.5 Å². The maximum atomic E-state index is 13.9. The number of halogens is 1. The van der Waals surface area contributed by atoms with Gasteiger partial charge in [0.15, 0.2) is 11.6 Å². The lowest BCUT2D eigenvalue weighted by molar-refractivity contribution is 0.0691. The molecule has 1 saturated heterocycles. The zero-order chi connectivity index (χ0) is 12.4. The van der Waals surface area contributed by atoms with E-state index < -0.39 is 11.8 Å². The molecular formula is C11H14FN3O2. The summed E-state index contributed by atoms with van der Waals surface area (Å²) >= 11 is 0. The van der Waals surface area contributed by atoms with Crippen molar-refractivity contribution in [2.24, 2.45) is 5.73 Å². The van der Waals surface area contributed by atoms with Gasteiger partial charge >= 0.3 is 5.97 Å². The molecule has 0 bridgehead atoms. The zero-order valence-corrected chi connectivity index (χ0v) is 9.27. The van der Waals surface area contributed by atoms with E-state index in [1.165, 1.54) is 6.20 Å². The molecule has 1 atom stereocenters. The highest BCUT2D eigenvalue weighted by atomic mass is 19.1. The average Bonchev–Trinajstić information content (AvgIpc) is 2.29. The van der Waals surface area contributed by atoms with Crippen LogP contribution in [0.1, 0.15) is 23.2 Å². The summed E-state index contributed by atoms with van der Waals surface area (Å²) in [5.74, 6) is -1.98. The van der Waals surface area contributed by atoms with Crippen LogP contribution in [-0.4, -0.2) is 35.2 Å². The Bertz CT molecular complexity index is 439. The van der Waals surface area contributed by atoms with Gasteiger partial charge < -0.3 is 15.7 Å². The third kappa shape index (κ3) is 2.36. The molecule has 1 unspecified atom stereocenters. The van der Waals surface area contributed by atoms with Crippen LogP contribution in [0.15, 0.2) is 12.3 Å². The molecule has 6 heteroatoms.